The van der Waals surface area contributed by atoms with Gasteiger partial charge in [-0.3, -0.25) is 9.69 Å². The zero-order valence-corrected chi connectivity index (χ0v) is 17.5. The molecule has 5 nitrogen and oxygen atoms in total. The molecule has 1 amide bonds. The molecule has 0 aromatic heterocycles. The van der Waals surface area contributed by atoms with Gasteiger partial charge in [-0.25, -0.2) is 0 Å². The SMILES string of the molecule is O=C(c1ccc(CN2CCCCC2)cc1)N1CCCC1c1ccc2c(c1)OCCO2. The molecule has 0 saturated carbocycles. The molecule has 1 unspecified atom stereocenters. The second-order valence-corrected chi connectivity index (χ2v) is 8.59. The summed E-state index contributed by atoms with van der Waals surface area (Å²) in [6, 6.07) is 14.4. The van der Waals surface area contributed by atoms with E-state index < -0.39 is 0 Å². The molecule has 2 fully saturated rings. The number of rotatable bonds is 4. The van der Waals surface area contributed by atoms with Crippen LogP contribution < -0.4 is 9.47 Å². The fraction of sp³-hybridized carbons (Fsp3) is 0.480. The number of hydrogen-bond donors (Lipinski definition) is 0. The maximum absolute atomic E-state index is 13.3. The minimum atomic E-state index is 0.0985. The maximum Gasteiger partial charge on any atom is 0.254 e. The summed E-state index contributed by atoms with van der Waals surface area (Å²) in [6.45, 7) is 5.32. The van der Waals surface area contributed by atoms with Crippen LogP contribution >= 0.6 is 0 Å². The molecule has 1 atom stereocenters. The molecule has 0 bridgehead atoms. The lowest BCUT2D eigenvalue weighted by Gasteiger charge is -2.27. The van der Waals surface area contributed by atoms with Gasteiger partial charge in [0.1, 0.15) is 13.2 Å². The van der Waals surface area contributed by atoms with Crippen LogP contribution in [0.25, 0.3) is 0 Å². The van der Waals surface area contributed by atoms with E-state index in [0.717, 1.165) is 48.6 Å². The Balaban J connectivity index is 1.29. The summed E-state index contributed by atoms with van der Waals surface area (Å²) in [6.07, 6.45) is 5.96. The topological polar surface area (TPSA) is 42.0 Å². The summed E-state index contributed by atoms with van der Waals surface area (Å²) >= 11 is 0. The molecular formula is C25H30N2O3. The summed E-state index contributed by atoms with van der Waals surface area (Å²) in [5.74, 6) is 1.71. The Morgan fingerprint density at radius 1 is 0.867 bits per heavy atom. The minimum Gasteiger partial charge on any atom is -0.486 e. The predicted molar refractivity (Wildman–Crippen MR) is 116 cm³/mol. The van der Waals surface area contributed by atoms with Crippen molar-refractivity contribution in [3.8, 4) is 11.5 Å². The highest BCUT2D eigenvalue weighted by Gasteiger charge is 2.31. The summed E-state index contributed by atoms with van der Waals surface area (Å²) in [4.78, 5) is 17.8. The van der Waals surface area contributed by atoms with Crippen LogP contribution in [0, 0.1) is 0 Å². The lowest BCUT2D eigenvalue weighted by atomic mass is 10.0. The van der Waals surface area contributed by atoms with Gasteiger partial charge >= 0.3 is 0 Å². The van der Waals surface area contributed by atoms with E-state index in [1.807, 2.05) is 29.2 Å². The number of likely N-dealkylation sites (tertiary alicyclic amines) is 2. The number of carbonyl (C=O) groups is 1. The fourth-order valence-corrected chi connectivity index (χ4v) is 4.92. The van der Waals surface area contributed by atoms with E-state index >= 15 is 0 Å². The smallest absolute Gasteiger partial charge is 0.254 e. The van der Waals surface area contributed by atoms with Crippen LogP contribution in [-0.2, 0) is 6.54 Å². The van der Waals surface area contributed by atoms with E-state index in [1.54, 1.807) is 0 Å². The molecule has 2 aromatic carbocycles. The second-order valence-electron chi connectivity index (χ2n) is 8.59. The van der Waals surface area contributed by atoms with Crippen molar-refractivity contribution in [3.63, 3.8) is 0 Å². The summed E-state index contributed by atoms with van der Waals surface area (Å²) in [7, 11) is 0. The average Bonchev–Trinajstić information content (AvgIpc) is 3.29. The zero-order valence-electron chi connectivity index (χ0n) is 17.5. The monoisotopic (exact) mass is 406 g/mol. The first-order chi connectivity index (χ1) is 14.8. The third-order valence-corrected chi connectivity index (χ3v) is 6.52. The van der Waals surface area contributed by atoms with Gasteiger partial charge in [-0.2, -0.15) is 0 Å². The molecule has 2 saturated heterocycles. The van der Waals surface area contributed by atoms with E-state index in [9.17, 15) is 4.79 Å². The molecule has 3 aliphatic rings. The lowest BCUT2D eigenvalue weighted by Crippen LogP contribution is -2.31. The highest BCUT2D eigenvalue weighted by atomic mass is 16.6. The van der Waals surface area contributed by atoms with Crippen molar-refractivity contribution >= 4 is 5.91 Å². The first-order valence-corrected chi connectivity index (χ1v) is 11.3. The molecule has 0 radical (unpaired) electrons. The van der Waals surface area contributed by atoms with Gasteiger partial charge in [0.15, 0.2) is 11.5 Å². The molecule has 3 heterocycles. The van der Waals surface area contributed by atoms with Crippen LogP contribution in [0.3, 0.4) is 0 Å². The van der Waals surface area contributed by atoms with Gasteiger partial charge in [-0.05, 0) is 74.2 Å². The van der Waals surface area contributed by atoms with Crippen molar-refractivity contribution in [2.24, 2.45) is 0 Å². The van der Waals surface area contributed by atoms with E-state index in [-0.39, 0.29) is 11.9 Å². The van der Waals surface area contributed by atoms with E-state index in [4.69, 9.17) is 9.47 Å². The highest BCUT2D eigenvalue weighted by molar-refractivity contribution is 5.94. The number of benzene rings is 2. The zero-order chi connectivity index (χ0) is 20.3. The Morgan fingerprint density at radius 2 is 1.63 bits per heavy atom. The molecule has 158 valence electrons. The number of piperidine rings is 1. The molecule has 5 rings (SSSR count). The van der Waals surface area contributed by atoms with Crippen molar-refractivity contribution in [2.75, 3.05) is 32.8 Å². The largest absolute Gasteiger partial charge is 0.486 e. The molecule has 0 N–H and O–H groups in total. The molecule has 0 aliphatic carbocycles. The maximum atomic E-state index is 13.3. The van der Waals surface area contributed by atoms with Gasteiger partial charge < -0.3 is 14.4 Å². The Bertz CT molecular complexity index is 890. The van der Waals surface area contributed by atoms with Gasteiger partial charge in [-0.1, -0.05) is 24.6 Å². The molecule has 0 spiro atoms. The number of amides is 1. The Labute approximate surface area is 178 Å². The van der Waals surface area contributed by atoms with Crippen molar-refractivity contribution in [1.29, 1.82) is 0 Å². The van der Waals surface area contributed by atoms with Crippen LogP contribution in [-0.4, -0.2) is 48.6 Å². The summed E-state index contributed by atoms with van der Waals surface area (Å²) in [5, 5.41) is 0. The Kier molecular flexibility index (Phi) is 5.63. The second kappa shape index (κ2) is 8.68. The van der Waals surface area contributed by atoms with Gasteiger partial charge in [-0.15, -0.1) is 0 Å². The van der Waals surface area contributed by atoms with Gasteiger partial charge in [0.2, 0.25) is 0 Å². The molecule has 2 aromatic rings. The Hall–Kier alpha value is -2.53. The van der Waals surface area contributed by atoms with Crippen molar-refractivity contribution in [3.05, 3.63) is 59.2 Å². The van der Waals surface area contributed by atoms with Crippen LogP contribution in [0.15, 0.2) is 42.5 Å². The van der Waals surface area contributed by atoms with Crippen LogP contribution in [0.2, 0.25) is 0 Å². The van der Waals surface area contributed by atoms with E-state index in [1.165, 1.54) is 37.9 Å². The predicted octanol–water partition coefficient (Wildman–Crippen LogP) is 4.42. The molecular weight excluding hydrogens is 376 g/mol. The molecule has 30 heavy (non-hydrogen) atoms. The standard InChI is InChI=1S/C25H30N2O3/c28-25(20-8-6-19(7-9-20)18-26-12-2-1-3-13-26)27-14-4-5-22(27)21-10-11-23-24(17-21)30-16-15-29-23/h6-11,17,22H,1-5,12-16,18H2. The lowest BCUT2D eigenvalue weighted by molar-refractivity contribution is 0.0735. The van der Waals surface area contributed by atoms with Gasteiger partial charge in [0.25, 0.3) is 5.91 Å². The van der Waals surface area contributed by atoms with Gasteiger partial charge in [0, 0.05) is 18.7 Å². The molecule has 5 heteroatoms. The average molecular weight is 407 g/mol. The minimum absolute atomic E-state index is 0.0985. The number of fused-ring (bicyclic) bond motifs is 1. The van der Waals surface area contributed by atoms with E-state index in [0.29, 0.717) is 13.2 Å². The summed E-state index contributed by atoms with van der Waals surface area (Å²) in [5.41, 5.74) is 3.20. The number of hydrogen-bond acceptors (Lipinski definition) is 4. The number of nitrogens with zero attached hydrogens (tertiary/aromatic N) is 2. The molecule has 3 aliphatic heterocycles. The van der Waals surface area contributed by atoms with Crippen molar-refractivity contribution in [1.82, 2.24) is 9.80 Å². The van der Waals surface area contributed by atoms with Crippen LogP contribution in [0.5, 0.6) is 11.5 Å². The van der Waals surface area contributed by atoms with Crippen LogP contribution in [0.4, 0.5) is 0 Å². The van der Waals surface area contributed by atoms with Crippen molar-refractivity contribution in [2.45, 2.75) is 44.7 Å². The third kappa shape index (κ3) is 4.04. The Morgan fingerprint density at radius 3 is 2.43 bits per heavy atom. The summed E-state index contributed by atoms with van der Waals surface area (Å²) < 4.78 is 11.4. The third-order valence-electron chi connectivity index (χ3n) is 6.52. The fourth-order valence-electron chi connectivity index (χ4n) is 4.92. The van der Waals surface area contributed by atoms with Crippen molar-refractivity contribution < 1.29 is 14.3 Å². The highest BCUT2D eigenvalue weighted by Crippen LogP contribution is 2.38. The normalized spacial score (nSPS) is 21.6. The first-order valence-electron chi connectivity index (χ1n) is 11.3. The first kappa shape index (κ1) is 19.4. The number of carbonyl (C=O) groups excluding carboxylic acids is 1. The van der Waals surface area contributed by atoms with E-state index in [2.05, 4.69) is 23.1 Å². The van der Waals surface area contributed by atoms with Gasteiger partial charge in [0.05, 0.1) is 6.04 Å². The number of ether oxygens (including phenoxy) is 2. The van der Waals surface area contributed by atoms with Crippen LogP contribution in [0.1, 0.15) is 59.6 Å². The quantitative estimate of drug-likeness (QED) is 0.754.